The van der Waals surface area contributed by atoms with Crippen molar-refractivity contribution >= 4 is 27.6 Å². The Bertz CT molecular complexity index is 590. The van der Waals surface area contributed by atoms with E-state index in [9.17, 15) is 8.42 Å². The van der Waals surface area contributed by atoms with Gasteiger partial charge in [0.25, 0.3) is 10.0 Å². The molecule has 0 radical (unpaired) electrons. The van der Waals surface area contributed by atoms with Crippen molar-refractivity contribution < 1.29 is 8.42 Å². The van der Waals surface area contributed by atoms with E-state index in [-0.39, 0.29) is 4.90 Å². The first-order valence-corrected chi connectivity index (χ1v) is 7.23. The van der Waals surface area contributed by atoms with Gasteiger partial charge in [-0.15, -0.1) is 0 Å². The molecule has 1 heterocycles. The SMILES string of the molecule is O=S(=O)(N/N=C/c1ccsc1)c1ccccc1. The quantitative estimate of drug-likeness (QED) is 0.680. The molecule has 0 spiro atoms. The summed E-state index contributed by atoms with van der Waals surface area (Å²) in [6.45, 7) is 0. The van der Waals surface area contributed by atoms with Gasteiger partial charge < -0.3 is 0 Å². The van der Waals surface area contributed by atoms with Gasteiger partial charge in [-0.05, 0) is 29.0 Å². The second kappa shape index (κ2) is 5.11. The highest BCUT2D eigenvalue weighted by molar-refractivity contribution is 7.89. The predicted molar refractivity (Wildman–Crippen MR) is 68.7 cm³/mol. The maximum atomic E-state index is 11.7. The summed E-state index contributed by atoms with van der Waals surface area (Å²) in [5.74, 6) is 0. The van der Waals surface area contributed by atoms with Gasteiger partial charge in [0.15, 0.2) is 0 Å². The van der Waals surface area contributed by atoms with Crippen molar-refractivity contribution in [1.82, 2.24) is 4.83 Å². The number of hydrazone groups is 1. The molecule has 0 saturated heterocycles. The molecule has 6 heteroatoms. The molecule has 1 aromatic carbocycles. The molecule has 0 aliphatic carbocycles. The number of thiophene rings is 1. The van der Waals surface area contributed by atoms with Crippen LogP contribution in [0.3, 0.4) is 0 Å². The Morgan fingerprint density at radius 2 is 1.94 bits per heavy atom. The maximum absolute atomic E-state index is 11.7. The minimum Gasteiger partial charge on any atom is -0.200 e. The third-order valence-electron chi connectivity index (χ3n) is 1.98. The van der Waals surface area contributed by atoms with Crippen LogP contribution in [0.25, 0.3) is 0 Å². The standard InChI is InChI=1S/C11H10N2O2S2/c14-17(15,11-4-2-1-3-5-11)13-12-8-10-6-7-16-9-10/h1-9,13H/b12-8+. The fourth-order valence-corrected chi connectivity index (χ4v) is 2.59. The van der Waals surface area contributed by atoms with Gasteiger partial charge >= 0.3 is 0 Å². The van der Waals surface area contributed by atoms with Crippen LogP contribution in [0.2, 0.25) is 0 Å². The Labute approximate surface area is 104 Å². The second-order valence-electron chi connectivity index (χ2n) is 3.22. The largest absolute Gasteiger partial charge is 0.276 e. The average Bonchev–Trinajstić information content (AvgIpc) is 2.83. The van der Waals surface area contributed by atoms with Crippen LogP contribution in [0.1, 0.15) is 5.56 Å². The molecule has 0 fully saturated rings. The fraction of sp³-hybridized carbons (Fsp3) is 0. The van der Waals surface area contributed by atoms with E-state index in [0.29, 0.717) is 0 Å². The van der Waals surface area contributed by atoms with Crippen molar-refractivity contribution in [2.24, 2.45) is 5.10 Å². The van der Waals surface area contributed by atoms with Gasteiger partial charge in [-0.2, -0.15) is 24.9 Å². The Morgan fingerprint density at radius 1 is 1.18 bits per heavy atom. The van der Waals surface area contributed by atoms with E-state index in [4.69, 9.17) is 0 Å². The molecule has 0 aliphatic rings. The molecule has 0 aliphatic heterocycles. The van der Waals surface area contributed by atoms with Crippen molar-refractivity contribution in [2.45, 2.75) is 4.90 Å². The molecule has 2 rings (SSSR count). The molecular formula is C11H10N2O2S2. The monoisotopic (exact) mass is 266 g/mol. The van der Waals surface area contributed by atoms with Crippen LogP contribution >= 0.6 is 11.3 Å². The third-order valence-corrected chi connectivity index (χ3v) is 3.92. The van der Waals surface area contributed by atoms with Crippen LogP contribution in [0.5, 0.6) is 0 Å². The lowest BCUT2D eigenvalue weighted by atomic mass is 10.4. The first-order valence-electron chi connectivity index (χ1n) is 4.80. The summed E-state index contributed by atoms with van der Waals surface area (Å²) in [7, 11) is -3.56. The van der Waals surface area contributed by atoms with Gasteiger partial charge in [0.05, 0.1) is 11.1 Å². The molecule has 2 aromatic rings. The Kier molecular flexibility index (Phi) is 3.55. The fourth-order valence-electron chi connectivity index (χ4n) is 1.17. The van der Waals surface area contributed by atoms with Gasteiger partial charge in [0.2, 0.25) is 0 Å². The lowest BCUT2D eigenvalue weighted by molar-refractivity contribution is 0.584. The lowest BCUT2D eigenvalue weighted by Crippen LogP contribution is -2.18. The second-order valence-corrected chi connectivity index (χ2v) is 5.66. The molecule has 0 bridgehead atoms. The van der Waals surface area contributed by atoms with E-state index in [1.807, 2.05) is 16.8 Å². The van der Waals surface area contributed by atoms with Gasteiger partial charge in [0.1, 0.15) is 0 Å². The summed E-state index contributed by atoms with van der Waals surface area (Å²) >= 11 is 1.53. The highest BCUT2D eigenvalue weighted by Crippen LogP contribution is 2.07. The van der Waals surface area contributed by atoms with Crippen molar-refractivity contribution in [3.8, 4) is 0 Å². The van der Waals surface area contributed by atoms with Gasteiger partial charge in [0, 0.05) is 5.56 Å². The van der Waals surface area contributed by atoms with Crippen LogP contribution in [-0.2, 0) is 10.0 Å². The maximum Gasteiger partial charge on any atom is 0.276 e. The lowest BCUT2D eigenvalue weighted by Gasteiger charge is -2.01. The molecule has 0 atom stereocenters. The normalized spacial score (nSPS) is 11.8. The summed E-state index contributed by atoms with van der Waals surface area (Å²) in [5, 5.41) is 7.48. The smallest absolute Gasteiger partial charge is 0.200 e. The number of nitrogens with zero attached hydrogens (tertiary/aromatic N) is 1. The zero-order valence-electron chi connectivity index (χ0n) is 8.78. The van der Waals surface area contributed by atoms with Crippen molar-refractivity contribution in [2.75, 3.05) is 0 Å². The number of rotatable bonds is 4. The van der Waals surface area contributed by atoms with Crippen molar-refractivity contribution in [3.05, 3.63) is 52.7 Å². The van der Waals surface area contributed by atoms with E-state index < -0.39 is 10.0 Å². The topological polar surface area (TPSA) is 58.5 Å². The molecule has 17 heavy (non-hydrogen) atoms. The van der Waals surface area contributed by atoms with Gasteiger partial charge in [-0.1, -0.05) is 18.2 Å². The van der Waals surface area contributed by atoms with E-state index in [1.165, 1.54) is 29.7 Å². The molecule has 4 nitrogen and oxygen atoms in total. The predicted octanol–water partition coefficient (Wildman–Crippen LogP) is 2.06. The van der Waals surface area contributed by atoms with Crippen LogP contribution in [-0.4, -0.2) is 14.6 Å². The van der Waals surface area contributed by atoms with Crippen LogP contribution < -0.4 is 4.83 Å². The zero-order chi connectivity index (χ0) is 12.1. The molecular weight excluding hydrogens is 256 g/mol. The summed E-state index contributed by atoms with van der Waals surface area (Å²) in [5.41, 5.74) is 0.866. The Hall–Kier alpha value is -1.66. The van der Waals surface area contributed by atoms with Crippen LogP contribution in [0.4, 0.5) is 0 Å². The van der Waals surface area contributed by atoms with Crippen molar-refractivity contribution in [1.29, 1.82) is 0 Å². The number of hydrogen-bond acceptors (Lipinski definition) is 4. The average molecular weight is 266 g/mol. The first kappa shape index (κ1) is 11.8. The summed E-state index contributed by atoms with van der Waals surface area (Å²) in [6.07, 6.45) is 1.47. The Morgan fingerprint density at radius 3 is 2.59 bits per heavy atom. The van der Waals surface area contributed by atoms with Crippen LogP contribution in [0, 0.1) is 0 Å². The van der Waals surface area contributed by atoms with E-state index in [0.717, 1.165) is 5.56 Å². The van der Waals surface area contributed by atoms with Crippen molar-refractivity contribution in [3.63, 3.8) is 0 Å². The summed E-state index contributed by atoms with van der Waals surface area (Å²) in [4.78, 5) is 2.36. The molecule has 0 amide bonds. The van der Waals surface area contributed by atoms with E-state index in [2.05, 4.69) is 9.93 Å². The summed E-state index contributed by atoms with van der Waals surface area (Å²) in [6, 6.07) is 9.97. The number of nitrogens with one attached hydrogen (secondary N) is 1. The van der Waals surface area contributed by atoms with E-state index >= 15 is 0 Å². The van der Waals surface area contributed by atoms with Crippen LogP contribution in [0.15, 0.2) is 57.2 Å². The first-order chi connectivity index (χ1) is 8.18. The highest BCUT2D eigenvalue weighted by atomic mass is 32.2. The van der Waals surface area contributed by atoms with Gasteiger partial charge in [-0.3, -0.25) is 0 Å². The minimum atomic E-state index is -3.56. The molecule has 0 unspecified atom stereocenters. The van der Waals surface area contributed by atoms with Gasteiger partial charge in [-0.25, -0.2) is 4.83 Å². The minimum absolute atomic E-state index is 0.197. The Balaban J connectivity index is 2.09. The van der Waals surface area contributed by atoms with E-state index in [1.54, 1.807) is 18.2 Å². The molecule has 1 aromatic heterocycles. The molecule has 1 N–H and O–H groups in total. The summed E-state index contributed by atoms with van der Waals surface area (Å²) < 4.78 is 23.5. The number of sulfonamides is 1. The zero-order valence-corrected chi connectivity index (χ0v) is 10.4. The number of hydrogen-bond donors (Lipinski definition) is 1. The number of benzene rings is 1. The molecule has 0 saturated carbocycles. The molecule has 88 valence electrons. The third kappa shape index (κ3) is 3.15. The highest BCUT2D eigenvalue weighted by Gasteiger charge is 2.10.